The molecule has 10 aromatic carbocycles. The third-order valence-corrected chi connectivity index (χ3v) is 13.3. The molecule has 0 N–H and O–H groups in total. The lowest BCUT2D eigenvalue weighted by molar-refractivity contribution is 1.18. The smallest absolute Gasteiger partial charge is 0.0547 e. The van der Waals surface area contributed by atoms with Crippen molar-refractivity contribution in [2.45, 2.75) is 0 Å². The third-order valence-electron chi connectivity index (χ3n) is 12.2. The van der Waals surface area contributed by atoms with Crippen LogP contribution in [0, 0.1) is 0 Å². The van der Waals surface area contributed by atoms with E-state index in [0.717, 1.165) is 22.7 Å². The maximum absolute atomic E-state index is 2.42. The van der Waals surface area contributed by atoms with Gasteiger partial charge in [-0.1, -0.05) is 152 Å². The molecule has 3 heteroatoms. The van der Waals surface area contributed by atoms with Crippen LogP contribution in [0.1, 0.15) is 0 Å². The minimum Gasteiger partial charge on any atom is -0.310 e. The Labute approximate surface area is 358 Å². The van der Waals surface area contributed by atoms with Gasteiger partial charge in [0.1, 0.15) is 0 Å². The van der Waals surface area contributed by atoms with Crippen LogP contribution in [0.2, 0.25) is 0 Å². The molecule has 0 aliphatic carbocycles. The van der Waals surface area contributed by atoms with Crippen molar-refractivity contribution in [3.8, 4) is 39.1 Å². The van der Waals surface area contributed by atoms with E-state index in [4.69, 9.17) is 0 Å². The molecule has 0 spiro atoms. The molecule has 2 heterocycles. The molecule has 12 aromatic rings. The predicted molar refractivity (Wildman–Crippen MR) is 262 cm³/mol. The van der Waals surface area contributed by atoms with Crippen LogP contribution in [0.25, 0.3) is 91.8 Å². The lowest BCUT2D eigenvalue weighted by Gasteiger charge is -2.26. The van der Waals surface area contributed by atoms with Gasteiger partial charge in [-0.15, -0.1) is 11.3 Å². The first-order chi connectivity index (χ1) is 30.2. The highest BCUT2D eigenvalue weighted by Gasteiger charge is 2.17. The first-order valence-electron chi connectivity index (χ1n) is 20.8. The lowest BCUT2D eigenvalue weighted by atomic mass is 10.0. The molecule has 0 aliphatic heterocycles. The SMILES string of the molecule is c1ccc(-c2ccc(N(c3ccc(-c4ccc5c6ccccc6n(-c6ccc(-c7ccc8sc9ccccc9c8c7)cc6)c5c4)cc3)c3ccc4ccccc4c3)cc2)cc1. The molecule has 12 rings (SSSR count). The Morgan fingerprint density at radius 2 is 0.820 bits per heavy atom. The fourth-order valence-electron chi connectivity index (χ4n) is 9.14. The van der Waals surface area contributed by atoms with Crippen LogP contribution in [0.5, 0.6) is 0 Å². The fourth-order valence-corrected chi connectivity index (χ4v) is 10.2. The zero-order chi connectivity index (χ0) is 40.3. The Balaban J connectivity index is 0.915. The van der Waals surface area contributed by atoms with Gasteiger partial charge in [-0.05, 0) is 123 Å². The number of para-hydroxylation sites is 1. The van der Waals surface area contributed by atoms with E-state index in [0.29, 0.717) is 0 Å². The van der Waals surface area contributed by atoms with Gasteiger partial charge in [0, 0.05) is 53.7 Å². The van der Waals surface area contributed by atoms with Crippen molar-refractivity contribution in [2.24, 2.45) is 0 Å². The Hall–Kier alpha value is -7.72. The molecule has 0 saturated carbocycles. The third kappa shape index (κ3) is 6.18. The largest absolute Gasteiger partial charge is 0.310 e. The molecule has 0 radical (unpaired) electrons. The van der Waals surface area contributed by atoms with Crippen LogP contribution < -0.4 is 4.90 Å². The lowest BCUT2D eigenvalue weighted by Crippen LogP contribution is -2.09. The van der Waals surface area contributed by atoms with Gasteiger partial charge in [0.2, 0.25) is 0 Å². The number of nitrogens with zero attached hydrogens (tertiary/aromatic N) is 2. The van der Waals surface area contributed by atoms with Crippen molar-refractivity contribution in [1.82, 2.24) is 4.57 Å². The van der Waals surface area contributed by atoms with Gasteiger partial charge < -0.3 is 9.47 Å². The molecule has 61 heavy (non-hydrogen) atoms. The molecule has 2 aromatic heterocycles. The monoisotopic (exact) mass is 794 g/mol. The minimum absolute atomic E-state index is 1.10. The Bertz CT molecular complexity index is 3560. The van der Waals surface area contributed by atoms with Crippen LogP contribution in [0.3, 0.4) is 0 Å². The summed E-state index contributed by atoms with van der Waals surface area (Å²) in [4.78, 5) is 2.36. The van der Waals surface area contributed by atoms with E-state index in [1.807, 2.05) is 11.3 Å². The van der Waals surface area contributed by atoms with Crippen LogP contribution in [-0.2, 0) is 0 Å². The highest BCUT2D eigenvalue weighted by Crippen LogP contribution is 2.41. The number of hydrogen-bond donors (Lipinski definition) is 0. The summed E-state index contributed by atoms with van der Waals surface area (Å²) in [6.45, 7) is 0. The van der Waals surface area contributed by atoms with Gasteiger partial charge in [0.15, 0.2) is 0 Å². The maximum atomic E-state index is 2.42. The van der Waals surface area contributed by atoms with Gasteiger partial charge in [0.05, 0.1) is 11.0 Å². The number of thiophene rings is 1. The number of benzene rings is 10. The molecule has 0 aliphatic rings. The predicted octanol–water partition coefficient (Wildman–Crippen LogP) is 16.8. The minimum atomic E-state index is 1.10. The Kier molecular flexibility index (Phi) is 8.39. The molecule has 0 fully saturated rings. The Morgan fingerprint density at radius 3 is 1.59 bits per heavy atom. The zero-order valence-electron chi connectivity index (χ0n) is 33.2. The van der Waals surface area contributed by atoms with Gasteiger partial charge in [-0.2, -0.15) is 0 Å². The summed E-state index contributed by atoms with van der Waals surface area (Å²) >= 11 is 1.86. The van der Waals surface area contributed by atoms with Crippen molar-refractivity contribution in [2.75, 3.05) is 4.90 Å². The molecule has 0 bridgehead atoms. The first-order valence-corrected chi connectivity index (χ1v) is 21.6. The fraction of sp³-hybridized carbons (Fsp3) is 0. The summed E-state index contributed by atoms with van der Waals surface area (Å²) in [6.07, 6.45) is 0. The molecule has 0 amide bonds. The van der Waals surface area contributed by atoms with Crippen molar-refractivity contribution < 1.29 is 0 Å². The van der Waals surface area contributed by atoms with E-state index in [9.17, 15) is 0 Å². The van der Waals surface area contributed by atoms with Crippen LogP contribution in [0.4, 0.5) is 17.1 Å². The second-order valence-corrected chi connectivity index (χ2v) is 16.9. The normalized spacial score (nSPS) is 11.6. The van der Waals surface area contributed by atoms with Crippen LogP contribution in [-0.4, -0.2) is 4.57 Å². The van der Waals surface area contributed by atoms with Crippen molar-refractivity contribution in [3.05, 3.63) is 231 Å². The van der Waals surface area contributed by atoms with E-state index in [1.165, 1.54) is 86.1 Å². The summed E-state index contributed by atoms with van der Waals surface area (Å²) in [5, 5.41) is 7.60. The van der Waals surface area contributed by atoms with Crippen molar-refractivity contribution >= 4 is 81.1 Å². The van der Waals surface area contributed by atoms with Crippen molar-refractivity contribution in [3.63, 3.8) is 0 Å². The van der Waals surface area contributed by atoms with E-state index in [2.05, 4.69) is 240 Å². The van der Waals surface area contributed by atoms with Gasteiger partial charge in [-0.3, -0.25) is 0 Å². The summed E-state index contributed by atoms with van der Waals surface area (Å²) in [5.74, 6) is 0. The molecule has 0 unspecified atom stereocenters. The molecule has 286 valence electrons. The summed E-state index contributed by atoms with van der Waals surface area (Å²) in [7, 11) is 0. The Morgan fingerprint density at radius 1 is 0.295 bits per heavy atom. The number of anilines is 3. The first kappa shape index (κ1) is 35.2. The molecular formula is C58H38N2S. The highest BCUT2D eigenvalue weighted by atomic mass is 32.1. The second-order valence-electron chi connectivity index (χ2n) is 15.8. The molecular weight excluding hydrogens is 757 g/mol. The van der Waals surface area contributed by atoms with Crippen LogP contribution >= 0.6 is 11.3 Å². The highest BCUT2D eigenvalue weighted by molar-refractivity contribution is 7.25. The zero-order valence-corrected chi connectivity index (χ0v) is 34.1. The number of hydrogen-bond acceptors (Lipinski definition) is 2. The van der Waals surface area contributed by atoms with Crippen molar-refractivity contribution in [1.29, 1.82) is 0 Å². The van der Waals surface area contributed by atoms with Gasteiger partial charge >= 0.3 is 0 Å². The van der Waals surface area contributed by atoms with Crippen LogP contribution in [0.15, 0.2) is 231 Å². The molecule has 2 nitrogen and oxygen atoms in total. The second kappa shape index (κ2) is 14.5. The van der Waals surface area contributed by atoms with E-state index in [-0.39, 0.29) is 0 Å². The topological polar surface area (TPSA) is 8.17 Å². The molecule has 0 saturated heterocycles. The standard InChI is InChI=1S/C58H38N2S/c1-2-10-39(11-3-1)41-18-27-47(28-19-41)59(50-33-24-40-12-4-5-13-44(40)36-50)48-29-20-43(21-30-48)46-25-34-52-51-14-6-8-16-55(51)60(56(52)38-46)49-31-22-42(23-32-49)45-26-35-58-54(37-45)53-15-7-9-17-57(53)61-58/h1-38H. The summed E-state index contributed by atoms with van der Waals surface area (Å²) in [6, 6.07) is 84.2. The number of aromatic nitrogens is 1. The molecule has 0 atom stereocenters. The van der Waals surface area contributed by atoms with E-state index in [1.54, 1.807) is 0 Å². The average Bonchev–Trinajstić information content (AvgIpc) is 3.87. The van der Waals surface area contributed by atoms with Gasteiger partial charge in [0.25, 0.3) is 0 Å². The average molecular weight is 795 g/mol. The van der Waals surface area contributed by atoms with Gasteiger partial charge in [-0.25, -0.2) is 0 Å². The maximum Gasteiger partial charge on any atom is 0.0547 e. The number of rotatable bonds is 7. The summed E-state index contributed by atoms with van der Waals surface area (Å²) in [5.41, 5.74) is 14.1. The van der Waals surface area contributed by atoms with E-state index >= 15 is 0 Å². The summed E-state index contributed by atoms with van der Waals surface area (Å²) < 4.78 is 5.08. The van der Waals surface area contributed by atoms with E-state index < -0.39 is 0 Å². The quantitative estimate of drug-likeness (QED) is 0.156. The number of fused-ring (bicyclic) bond motifs is 7.